The van der Waals surface area contributed by atoms with Gasteiger partial charge in [-0.3, -0.25) is 0 Å². The van der Waals surface area contributed by atoms with Crippen LogP contribution in [-0.2, 0) is 4.94 Å². The topological polar surface area (TPSA) is 31.0 Å². The molecule has 0 aromatic heterocycles. The van der Waals surface area contributed by atoms with Crippen LogP contribution in [0.2, 0.25) is 0 Å². The molecule has 5 nitrogen and oxygen atoms in total. The minimum absolute atomic E-state index is 0.00829. The summed E-state index contributed by atoms with van der Waals surface area (Å²) in [5.74, 6) is 0. The molecule has 2 aliphatic heterocycles. The Morgan fingerprint density at radius 3 is 2.58 bits per heavy atom. The van der Waals surface area contributed by atoms with E-state index >= 15 is 0 Å². The summed E-state index contributed by atoms with van der Waals surface area (Å²) in [5, 5.41) is 4.74. The van der Waals surface area contributed by atoms with Crippen LogP contribution in [-0.4, -0.2) is 49.4 Å². The second-order valence-corrected chi connectivity index (χ2v) is 9.03. The van der Waals surface area contributed by atoms with Crippen molar-refractivity contribution in [2.45, 2.75) is 13.1 Å². The first-order valence-electron chi connectivity index (χ1n) is 8.92. The molecule has 4 rings (SSSR count). The Morgan fingerprint density at radius 2 is 1.77 bits per heavy atom. The van der Waals surface area contributed by atoms with Crippen LogP contribution in [0.15, 0.2) is 46.9 Å². The molecule has 2 aliphatic rings. The Hall–Kier alpha value is -1.01. The van der Waals surface area contributed by atoms with Gasteiger partial charge in [-0.05, 0) is 32.2 Å². The lowest BCUT2D eigenvalue weighted by Crippen LogP contribution is -2.51. The number of rotatable bonds is 4. The molecule has 2 aromatic rings. The third-order valence-electron chi connectivity index (χ3n) is 4.85. The summed E-state index contributed by atoms with van der Waals surface area (Å²) < 4.78 is 1.10. The van der Waals surface area contributed by atoms with Gasteiger partial charge in [0, 0.05) is 41.3 Å². The minimum Gasteiger partial charge on any atom is -0.322 e. The number of halogens is 1. The fourth-order valence-corrected chi connectivity index (χ4v) is 5.01. The standard InChI is InChI=1S/C19H24BrN4OP/c1-14(21-25-23-11-9-22(2)10-12-23)24-16-5-3-4-6-18(16)26-19-8-7-15(20)13-17(19)24/h3-8,13-14,21,26H,9-12H2,1-2H3. The summed E-state index contributed by atoms with van der Waals surface area (Å²) in [6, 6.07) is 15.2. The molecule has 1 N–H and O–H groups in total. The number of benzene rings is 2. The zero-order valence-corrected chi connectivity index (χ0v) is 17.7. The summed E-state index contributed by atoms with van der Waals surface area (Å²) in [6.07, 6.45) is 0.00829. The van der Waals surface area contributed by atoms with E-state index in [0.717, 1.165) is 30.7 Å². The first-order valence-corrected chi connectivity index (χ1v) is 10.7. The second kappa shape index (κ2) is 7.93. The van der Waals surface area contributed by atoms with Gasteiger partial charge in [0.05, 0.1) is 11.4 Å². The zero-order chi connectivity index (χ0) is 18.1. The quantitative estimate of drug-likeness (QED) is 0.590. The molecule has 1 saturated heterocycles. The van der Waals surface area contributed by atoms with Crippen molar-refractivity contribution in [3.63, 3.8) is 0 Å². The first kappa shape index (κ1) is 18.4. The highest BCUT2D eigenvalue weighted by molar-refractivity contribution is 9.10. The molecular weight excluding hydrogens is 411 g/mol. The van der Waals surface area contributed by atoms with Gasteiger partial charge in [0.15, 0.2) is 0 Å². The maximum Gasteiger partial charge on any atom is 0.106 e. The molecule has 1 fully saturated rings. The van der Waals surface area contributed by atoms with Crippen LogP contribution in [0.1, 0.15) is 6.92 Å². The molecule has 0 radical (unpaired) electrons. The van der Waals surface area contributed by atoms with Crippen molar-refractivity contribution in [3.8, 4) is 0 Å². The van der Waals surface area contributed by atoms with E-state index in [1.54, 1.807) is 0 Å². The van der Waals surface area contributed by atoms with Crippen molar-refractivity contribution in [2.75, 3.05) is 38.1 Å². The van der Waals surface area contributed by atoms with Crippen molar-refractivity contribution in [1.82, 2.24) is 15.4 Å². The molecule has 0 spiro atoms. The van der Waals surface area contributed by atoms with E-state index in [1.165, 1.54) is 22.0 Å². The Bertz CT molecular complexity index is 782. The molecule has 0 bridgehead atoms. The normalized spacial score (nSPS) is 20.0. The lowest BCUT2D eigenvalue weighted by Gasteiger charge is -2.39. The van der Waals surface area contributed by atoms with Crippen LogP contribution in [0.25, 0.3) is 0 Å². The Balaban J connectivity index is 1.55. The minimum atomic E-state index is 0.00829. The molecule has 26 heavy (non-hydrogen) atoms. The van der Waals surface area contributed by atoms with Gasteiger partial charge in [0.25, 0.3) is 0 Å². The first-order chi connectivity index (χ1) is 12.6. The van der Waals surface area contributed by atoms with Crippen molar-refractivity contribution in [1.29, 1.82) is 0 Å². The molecule has 0 aliphatic carbocycles. The number of para-hydroxylation sites is 1. The molecule has 0 saturated carbocycles. The number of anilines is 2. The largest absolute Gasteiger partial charge is 0.322 e. The van der Waals surface area contributed by atoms with E-state index in [0.29, 0.717) is 8.58 Å². The van der Waals surface area contributed by atoms with Crippen LogP contribution in [0, 0.1) is 0 Å². The van der Waals surface area contributed by atoms with Gasteiger partial charge >= 0.3 is 0 Å². The third-order valence-corrected chi connectivity index (χ3v) is 6.73. The number of hydrogen-bond donors (Lipinski definition) is 1. The number of hydrogen-bond acceptors (Lipinski definition) is 5. The van der Waals surface area contributed by atoms with Crippen molar-refractivity contribution >= 4 is 46.5 Å². The van der Waals surface area contributed by atoms with E-state index in [4.69, 9.17) is 4.94 Å². The van der Waals surface area contributed by atoms with Crippen LogP contribution in [0.4, 0.5) is 11.4 Å². The van der Waals surface area contributed by atoms with Gasteiger partial charge in [0.2, 0.25) is 0 Å². The lowest BCUT2D eigenvalue weighted by molar-refractivity contribution is -0.229. The van der Waals surface area contributed by atoms with E-state index < -0.39 is 0 Å². The van der Waals surface area contributed by atoms with Crippen LogP contribution in [0.3, 0.4) is 0 Å². The Kier molecular flexibility index (Phi) is 5.60. The molecular formula is C19H24BrN4OP. The fraction of sp³-hybridized carbons (Fsp3) is 0.368. The van der Waals surface area contributed by atoms with Gasteiger partial charge in [-0.25, -0.2) is 4.94 Å². The summed E-state index contributed by atoms with van der Waals surface area (Å²) in [7, 11) is 2.82. The molecule has 2 unspecified atom stereocenters. The van der Waals surface area contributed by atoms with Gasteiger partial charge in [-0.2, -0.15) is 10.5 Å². The van der Waals surface area contributed by atoms with Crippen LogP contribution in [0.5, 0.6) is 0 Å². The van der Waals surface area contributed by atoms with Crippen molar-refractivity contribution in [2.24, 2.45) is 0 Å². The predicted molar refractivity (Wildman–Crippen MR) is 113 cm³/mol. The highest BCUT2D eigenvalue weighted by atomic mass is 79.9. The highest BCUT2D eigenvalue weighted by Gasteiger charge is 2.27. The molecule has 2 aromatic carbocycles. The summed E-state index contributed by atoms with van der Waals surface area (Å²) in [4.78, 5) is 10.6. The van der Waals surface area contributed by atoms with Crippen LogP contribution < -0.4 is 21.0 Å². The summed E-state index contributed by atoms with van der Waals surface area (Å²) in [5.41, 5.74) is 5.74. The number of fused-ring (bicyclic) bond motifs is 2. The van der Waals surface area contributed by atoms with E-state index in [9.17, 15) is 0 Å². The summed E-state index contributed by atoms with van der Waals surface area (Å²) >= 11 is 3.63. The van der Waals surface area contributed by atoms with E-state index in [-0.39, 0.29) is 6.17 Å². The van der Waals surface area contributed by atoms with Gasteiger partial charge in [-0.1, -0.05) is 48.8 Å². The highest BCUT2D eigenvalue weighted by Crippen LogP contribution is 2.37. The summed E-state index contributed by atoms with van der Waals surface area (Å²) in [6.45, 7) is 6.03. The van der Waals surface area contributed by atoms with Gasteiger partial charge in [0.1, 0.15) is 6.17 Å². The molecule has 7 heteroatoms. The molecule has 0 amide bonds. The SMILES string of the molecule is CC(NON1CCN(C)CC1)N1c2ccccc2Pc2ccc(Br)cc21. The van der Waals surface area contributed by atoms with Crippen molar-refractivity contribution < 1.29 is 4.94 Å². The molecule has 138 valence electrons. The van der Waals surface area contributed by atoms with Gasteiger partial charge in [-0.15, -0.1) is 0 Å². The van der Waals surface area contributed by atoms with Gasteiger partial charge < -0.3 is 9.80 Å². The average molecular weight is 435 g/mol. The van der Waals surface area contributed by atoms with E-state index in [2.05, 4.69) is 87.6 Å². The second-order valence-electron chi connectivity index (χ2n) is 6.79. The Morgan fingerprint density at radius 1 is 1.04 bits per heavy atom. The lowest BCUT2D eigenvalue weighted by atomic mass is 10.2. The van der Waals surface area contributed by atoms with E-state index in [1.807, 2.05) is 5.06 Å². The van der Waals surface area contributed by atoms with Crippen LogP contribution >= 0.6 is 24.5 Å². The molecule has 2 heterocycles. The number of nitrogens with one attached hydrogen (secondary N) is 1. The number of nitrogens with zero attached hydrogens (tertiary/aromatic N) is 3. The number of hydroxylamine groups is 3. The fourth-order valence-electron chi connectivity index (χ4n) is 3.37. The zero-order valence-electron chi connectivity index (χ0n) is 15.1. The monoisotopic (exact) mass is 434 g/mol. The smallest absolute Gasteiger partial charge is 0.106 e. The number of likely N-dealkylation sites (N-methyl/N-ethyl adjacent to an activating group) is 1. The third kappa shape index (κ3) is 3.81. The van der Waals surface area contributed by atoms with Crippen molar-refractivity contribution in [3.05, 3.63) is 46.9 Å². The number of piperazine rings is 1. The Labute approximate surface area is 165 Å². The maximum atomic E-state index is 5.91. The molecule has 2 atom stereocenters. The predicted octanol–water partition coefficient (Wildman–Crippen LogP) is 2.56. The maximum absolute atomic E-state index is 5.91. The average Bonchev–Trinajstić information content (AvgIpc) is 2.65.